The van der Waals surface area contributed by atoms with E-state index in [1.807, 2.05) is 0 Å². The molecule has 0 aliphatic rings. The van der Waals surface area contributed by atoms with Gasteiger partial charge in [0.1, 0.15) is 19.3 Å². The molecule has 0 aromatic carbocycles. The molecule has 17 nitrogen and oxygen atoms in total. The Bertz CT molecular complexity index is 1980. The van der Waals surface area contributed by atoms with Crippen molar-refractivity contribution in [1.82, 2.24) is 0 Å². The average molecular weight is 1480 g/mol. The lowest BCUT2D eigenvalue weighted by molar-refractivity contribution is -0.161. The number of aliphatic hydroxyl groups excluding tert-OH is 1. The van der Waals surface area contributed by atoms with E-state index in [2.05, 4.69) is 55.4 Å². The molecular formula is C82H160O17P2. The zero-order chi connectivity index (χ0) is 74.6. The van der Waals surface area contributed by atoms with Crippen LogP contribution in [0.1, 0.15) is 421 Å². The van der Waals surface area contributed by atoms with Crippen LogP contribution in [0.25, 0.3) is 0 Å². The van der Waals surface area contributed by atoms with Crippen LogP contribution < -0.4 is 0 Å². The SMILES string of the molecule is CCC(C)CCCCCCCCCCCCCCCCCCCCC(=O)O[C@H](COC(=O)CCCCCCCCCCCCC(C)CC)COP(=O)(O)OC[C@@H](O)COP(=O)(O)OC[C@@H](COC(=O)CCCCCCCCC(C)CC)OC(=O)CCCCCCCCCCCCCCC(C)C. The molecule has 0 aromatic rings. The zero-order valence-corrected chi connectivity index (χ0v) is 68.3. The number of phosphoric ester groups is 2. The largest absolute Gasteiger partial charge is 0.472 e. The van der Waals surface area contributed by atoms with E-state index >= 15 is 0 Å². The Hall–Kier alpha value is -1.94. The molecule has 19 heteroatoms. The van der Waals surface area contributed by atoms with Gasteiger partial charge in [0.15, 0.2) is 12.2 Å². The second-order valence-corrected chi connectivity index (χ2v) is 33.6. The fourth-order valence-corrected chi connectivity index (χ4v) is 14.1. The highest BCUT2D eigenvalue weighted by atomic mass is 31.2. The summed E-state index contributed by atoms with van der Waals surface area (Å²) in [6.45, 7) is 14.3. The summed E-state index contributed by atoms with van der Waals surface area (Å²) in [6.07, 6.45) is 58.2. The van der Waals surface area contributed by atoms with Crippen molar-refractivity contribution in [3.8, 4) is 0 Å². The van der Waals surface area contributed by atoms with Crippen LogP contribution in [0.15, 0.2) is 0 Å². The Balaban J connectivity index is 5.22. The van der Waals surface area contributed by atoms with Crippen molar-refractivity contribution in [2.75, 3.05) is 39.6 Å². The molecule has 0 amide bonds. The quantitative estimate of drug-likeness (QED) is 0.0222. The van der Waals surface area contributed by atoms with Crippen molar-refractivity contribution in [3.63, 3.8) is 0 Å². The summed E-state index contributed by atoms with van der Waals surface area (Å²) >= 11 is 0. The van der Waals surface area contributed by atoms with Crippen LogP contribution in [0, 0.1) is 23.7 Å². The molecule has 0 saturated heterocycles. The normalized spacial score (nSPS) is 14.8. The number of rotatable bonds is 79. The summed E-state index contributed by atoms with van der Waals surface area (Å²) in [4.78, 5) is 73.0. The molecule has 101 heavy (non-hydrogen) atoms. The molecule has 0 aliphatic carbocycles. The molecule has 0 aromatic heterocycles. The maximum absolute atomic E-state index is 13.1. The first kappa shape index (κ1) is 99.1. The molecular weight excluding hydrogens is 1320 g/mol. The first-order valence-electron chi connectivity index (χ1n) is 42.3. The fourth-order valence-electron chi connectivity index (χ4n) is 12.5. The summed E-state index contributed by atoms with van der Waals surface area (Å²) in [7, 11) is -9.92. The smallest absolute Gasteiger partial charge is 0.462 e. The highest BCUT2D eigenvalue weighted by Crippen LogP contribution is 2.45. The van der Waals surface area contributed by atoms with E-state index in [4.69, 9.17) is 37.0 Å². The van der Waals surface area contributed by atoms with E-state index in [-0.39, 0.29) is 25.7 Å². The number of phosphoric acid groups is 2. The van der Waals surface area contributed by atoms with Crippen LogP contribution in [0.5, 0.6) is 0 Å². The molecule has 0 heterocycles. The van der Waals surface area contributed by atoms with Crippen molar-refractivity contribution in [2.24, 2.45) is 23.7 Å². The summed E-state index contributed by atoms with van der Waals surface area (Å²) in [5, 5.41) is 10.6. The molecule has 0 rings (SSSR count). The van der Waals surface area contributed by atoms with E-state index in [9.17, 15) is 43.2 Å². The van der Waals surface area contributed by atoms with Gasteiger partial charge in [-0.25, -0.2) is 9.13 Å². The van der Waals surface area contributed by atoms with E-state index in [1.54, 1.807) is 0 Å². The van der Waals surface area contributed by atoms with E-state index < -0.39 is 97.5 Å². The third-order valence-corrected chi connectivity index (χ3v) is 22.1. The van der Waals surface area contributed by atoms with Crippen molar-refractivity contribution < 1.29 is 80.2 Å². The lowest BCUT2D eigenvalue weighted by atomic mass is 9.99. The monoisotopic (exact) mass is 1480 g/mol. The van der Waals surface area contributed by atoms with E-state index in [0.717, 1.165) is 120 Å². The van der Waals surface area contributed by atoms with Gasteiger partial charge >= 0.3 is 39.5 Å². The second-order valence-electron chi connectivity index (χ2n) is 30.7. The van der Waals surface area contributed by atoms with Crippen LogP contribution in [0.2, 0.25) is 0 Å². The van der Waals surface area contributed by atoms with Gasteiger partial charge in [0, 0.05) is 25.7 Å². The van der Waals surface area contributed by atoms with Gasteiger partial charge in [-0.05, 0) is 49.4 Å². The minimum Gasteiger partial charge on any atom is -0.462 e. The van der Waals surface area contributed by atoms with Gasteiger partial charge < -0.3 is 33.8 Å². The standard InChI is InChI=1S/C82H160O17P2/c1-9-73(6)59-51-43-35-29-23-18-16-14-12-13-15-17-19-24-32-38-48-56-64-81(86)98-77(68-92-79(84)62-54-46-37-31-27-26-30-36-44-52-60-74(7)10-2)70-96-100(88,89)94-66-76(83)67-95-101(90,91)97-71-78(69-93-80(85)63-55-47-41-40-45-53-61-75(8)11-3)99-82(87)65-57-49-39-33-25-21-20-22-28-34-42-50-58-72(4)5/h72-78,83H,9-71H2,1-8H3,(H,88,89)(H,90,91)/t73?,74?,75?,76-,77-,78-/m1/s1. The molecule has 8 atom stereocenters. The Morgan fingerprint density at radius 1 is 0.277 bits per heavy atom. The van der Waals surface area contributed by atoms with Gasteiger partial charge in [0.2, 0.25) is 0 Å². The maximum Gasteiger partial charge on any atom is 0.472 e. The molecule has 0 bridgehead atoms. The lowest BCUT2D eigenvalue weighted by Gasteiger charge is -2.21. The van der Waals surface area contributed by atoms with Gasteiger partial charge in [-0.3, -0.25) is 37.3 Å². The van der Waals surface area contributed by atoms with Crippen LogP contribution in [-0.4, -0.2) is 96.7 Å². The van der Waals surface area contributed by atoms with Gasteiger partial charge in [-0.1, -0.05) is 370 Å². The molecule has 5 unspecified atom stereocenters. The molecule has 0 fully saturated rings. The predicted octanol–water partition coefficient (Wildman–Crippen LogP) is 24.4. The number of ether oxygens (including phenoxy) is 4. The minimum atomic E-state index is -4.96. The maximum atomic E-state index is 13.1. The first-order chi connectivity index (χ1) is 48.7. The molecule has 3 N–H and O–H groups in total. The summed E-state index contributed by atoms with van der Waals surface area (Å²) < 4.78 is 68.7. The van der Waals surface area contributed by atoms with Crippen LogP contribution in [-0.2, 0) is 65.4 Å². The summed E-state index contributed by atoms with van der Waals surface area (Å²) in [5.74, 6) is 1.07. The van der Waals surface area contributed by atoms with Crippen LogP contribution in [0.3, 0.4) is 0 Å². The third-order valence-electron chi connectivity index (χ3n) is 20.2. The van der Waals surface area contributed by atoms with Crippen molar-refractivity contribution >= 4 is 39.5 Å². The zero-order valence-electron chi connectivity index (χ0n) is 66.5. The molecule has 0 aliphatic heterocycles. The molecule has 0 saturated carbocycles. The van der Waals surface area contributed by atoms with Gasteiger partial charge in [-0.15, -0.1) is 0 Å². The molecule has 600 valence electrons. The number of esters is 4. The van der Waals surface area contributed by atoms with Gasteiger partial charge in [-0.2, -0.15) is 0 Å². The third kappa shape index (κ3) is 72.1. The van der Waals surface area contributed by atoms with Gasteiger partial charge in [0.05, 0.1) is 26.4 Å². The molecule has 0 spiro atoms. The Kier molecular flexibility index (Phi) is 69.6. The highest BCUT2D eigenvalue weighted by molar-refractivity contribution is 7.47. The number of hydrogen-bond donors (Lipinski definition) is 3. The summed E-state index contributed by atoms with van der Waals surface area (Å²) in [6, 6.07) is 0. The minimum absolute atomic E-state index is 0.106. The van der Waals surface area contributed by atoms with Crippen molar-refractivity contribution in [2.45, 2.75) is 440 Å². The first-order valence-corrected chi connectivity index (χ1v) is 45.3. The number of carbonyl (C=O) groups is 4. The van der Waals surface area contributed by atoms with Crippen LogP contribution in [0.4, 0.5) is 0 Å². The van der Waals surface area contributed by atoms with E-state index in [0.29, 0.717) is 25.7 Å². The van der Waals surface area contributed by atoms with Crippen molar-refractivity contribution in [3.05, 3.63) is 0 Å². The van der Waals surface area contributed by atoms with Crippen LogP contribution >= 0.6 is 15.6 Å². The average Bonchev–Trinajstić information content (AvgIpc) is 0.960. The van der Waals surface area contributed by atoms with Gasteiger partial charge in [0.25, 0.3) is 0 Å². The molecule has 0 radical (unpaired) electrons. The Morgan fingerprint density at radius 3 is 0.703 bits per heavy atom. The topological polar surface area (TPSA) is 237 Å². The Morgan fingerprint density at radius 2 is 0.475 bits per heavy atom. The number of aliphatic hydroxyl groups is 1. The number of unbranched alkanes of at least 4 members (excludes halogenated alkanes) is 42. The highest BCUT2D eigenvalue weighted by Gasteiger charge is 2.30. The lowest BCUT2D eigenvalue weighted by Crippen LogP contribution is -2.30. The predicted molar refractivity (Wildman–Crippen MR) is 414 cm³/mol. The number of carbonyl (C=O) groups excluding carboxylic acids is 4. The fraction of sp³-hybridized carbons (Fsp3) is 0.951. The van der Waals surface area contributed by atoms with E-state index in [1.165, 1.54) is 218 Å². The Labute approximate surface area is 619 Å². The number of hydrogen-bond acceptors (Lipinski definition) is 15. The summed E-state index contributed by atoms with van der Waals surface area (Å²) in [5.41, 5.74) is 0. The van der Waals surface area contributed by atoms with Crippen molar-refractivity contribution in [1.29, 1.82) is 0 Å². The second kappa shape index (κ2) is 71.0.